The van der Waals surface area contributed by atoms with Crippen LogP contribution in [-0.2, 0) is 0 Å². The third-order valence-corrected chi connectivity index (χ3v) is 25.8. The summed E-state index contributed by atoms with van der Waals surface area (Å²) in [4.78, 5) is 2.34. The van der Waals surface area contributed by atoms with Gasteiger partial charge in [0.05, 0.1) is 0 Å². The molecule has 0 bridgehead atoms. The Morgan fingerprint density at radius 1 is 0.278 bits per heavy atom. The third-order valence-electron chi connectivity index (χ3n) is 15.1. The normalized spacial score (nSPS) is 12.7. The zero-order chi connectivity index (χ0) is 53.6. The minimum absolute atomic E-state index is 0.778. The van der Waals surface area contributed by atoms with Gasteiger partial charge in [0.2, 0.25) is 0 Å². The van der Waals surface area contributed by atoms with E-state index in [9.17, 15) is 0 Å². The Balaban J connectivity index is 0.000000134. The summed E-state index contributed by atoms with van der Waals surface area (Å²) < 4.78 is 1.10. The quantitative estimate of drug-likeness (QED) is 0.145. The van der Waals surface area contributed by atoms with Crippen LogP contribution in [0.15, 0.2) is 320 Å². The molecule has 0 aromatic heterocycles. The average Bonchev–Trinajstić information content (AvgIpc) is 3.56. The van der Waals surface area contributed by atoms with Crippen molar-refractivity contribution in [2.24, 2.45) is 0 Å². The van der Waals surface area contributed by atoms with E-state index in [4.69, 9.17) is 23.2 Å². The van der Waals surface area contributed by atoms with E-state index in [0.29, 0.717) is 0 Å². The van der Waals surface area contributed by atoms with Gasteiger partial charge in [-0.1, -0.05) is 258 Å². The maximum atomic E-state index is 6.72. The van der Waals surface area contributed by atoms with Gasteiger partial charge in [0, 0.05) is 43.0 Å². The number of halogens is 3. The number of anilines is 5. The highest BCUT2D eigenvalue weighted by Crippen LogP contribution is 2.39. The van der Waals surface area contributed by atoms with E-state index < -0.39 is 16.1 Å². The Labute approximate surface area is 484 Å². The highest BCUT2D eigenvalue weighted by atomic mass is 79.9. The first kappa shape index (κ1) is 51.5. The van der Waals surface area contributed by atoms with Crippen molar-refractivity contribution >= 4 is 125 Å². The van der Waals surface area contributed by atoms with Crippen molar-refractivity contribution in [2.75, 3.05) is 10.2 Å². The lowest BCUT2D eigenvalue weighted by Crippen LogP contribution is -2.72. The molecule has 2 aliphatic rings. The van der Waals surface area contributed by atoms with E-state index in [1.165, 1.54) is 63.7 Å². The molecule has 2 nitrogen and oxygen atoms in total. The first-order valence-corrected chi connectivity index (χ1v) is 32.0. The summed E-state index contributed by atoms with van der Waals surface area (Å²) in [7, 11) is -4.96. The Morgan fingerprint density at radius 2 is 0.608 bits per heavy atom. The van der Waals surface area contributed by atoms with E-state index in [-0.39, 0.29) is 0 Å². The topological polar surface area (TPSA) is 15.3 Å². The van der Waals surface area contributed by atoms with E-state index in [1.54, 1.807) is 0 Å². The van der Waals surface area contributed by atoms with Crippen LogP contribution in [0.1, 0.15) is 0 Å². The maximum absolute atomic E-state index is 6.72. The molecule has 380 valence electrons. The van der Waals surface area contributed by atoms with Crippen molar-refractivity contribution in [2.45, 2.75) is 0 Å². The number of para-hydroxylation sites is 4. The first-order chi connectivity index (χ1) is 38.9. The Kier molecular flexibility index (Phi) is 15.0. The van der Waals surface area contributed by atoms with Gasteiger partial charge >= 0.3 is 0 Å². The van der Waals surface area contributed by atoms with Crippen molar-refractivity contribution in [3.8, 4) is 22.3 Å². The van der Waals surface area contributed by atoms with Gasteiger partial charge in [-0.3, -0.25) is 0 Å². The van der Waals surface area contributed by atoms with Crippen molar-refractivity contribution in [3.05, 3.63) is 330 Å². The Bertz CT molecular complexity index is 3850. The fourth-order valence-corrected chi connectivity index (χ4v) is 23.1. The predicted molar refractivity (Wildman–Crippen MR) is 347 cm³/mol. The van der Waals surface area contributed by atoms with Gasteiger partial charge in [-0.05, 0) is 161 Å². The molecule has 0 saturated carbocycles. The summed E-state index contributed by atoms with van der Waals surface area (Å²) in [6, 6.07) is 112. The predicted octanol–water partition coefficient (Wildman–Crippen LogP) is 15.1. The first-order valence-electron chi connectivity index (χ1n) is 26.5. The second kappa shape index (κ2) is 23.0. The van der Waals surface area contributed by atoms with Crippen LogP contribution in [0, 0.1) is 0 Å². The molecule has 0 atom stereocenters. The number of nitrogens with one attached hydrogen (secondary N) is 1. The number of fused-ring (bicyclic) bond motifs is 6. The van der Waals surface area contributed by atoms with Crippen molar-refractivity contribution < 1.29 is 0 Å². The van der Waals surface area contributed by atoms with Gasteiger partial charge in [-0.25, -0.2) is 0 Å². The molecule has 0 radical (unpaired) electrons. The summed E-state index contributed by atoms with van der Waals surface area (Å²) in [6.07, 6.45) is 0. The van der Waals surface area contributed by atoms with Crippen LogP contribution in [0.3, 0.4) is 0 Å². The molecule has 0 unspecified atom stereocenters. The number of hydrogen-bond acceptors (Lipinski definition) is 2. The fraction of sp³-hybridized carbons (Fsp3) is 0. The zero-order valence-electron chi connectivity index (χ0n) is 43.1. The molecule has 79 heavy (non-hydrogen) atoms. The van der Waals surface area contributed by atoms with Gasteiger partial charge in [-0.15, -0.1) is 0 Å². The molecule has 0 aliphatic carbocycles. The highest BCUT2D eigenvalue weighted by molar-refractivity contribution is 9.10. The lowest BCUT2D eigenvalue weighted by molar-refractivity contribution is 1.29. The fourth-order valence-electron chi connectivity index (χ4n) is 11.8. The summed E-state index contributed by atoms with van der Waals surface area (Å²) in [5.41, 5.74) is 10.8. The molecule has 2 aliphatic heterocycles. The molecule has 2 heterocycles. The number of benzene rings is 12. The number of rotatable bonds is 9. The van der Waals surface area contributed by atoms with Crippen LogP contribution >= 0.6 is 39.1 Å². The maximum Gasteiger partial charge on any atom is 0.180 e. The third kappa shape index (κ3) is 9.90. The Morgan fingerprint density at radius 3 is 0.987 bits per heavy atom. The van der Waals surface area contributed by atoms with Gasteiger partial charge < -0.3 is 10.2 Å². The van der Waals surface area contributed by atoms with Gasteiger partial charge in [0.25, 0.3) is 0 Å². The van der Waals surface area contributed by atoms with Crippen molar-refractivity contribution in [1.82, 2.24) is 0 Å². The lowest BCUT2D eigenvalue weighted by atomic mass is 10.0. The van der Waals surface area contributed by atoms with Crippen LogP contribution in [0.5, 0.6) is 0 Å². The summed E-state index contributed by atoms with van der Waals surface area (Å²) in [5.74, 6) is 0. The van der Waals surface area contributed by atoms with Crippen LogP contribution in [0.25, 0.3) is 22.3 Å². The lowest BCUT2D eigenvalue weighted by Gasteiger charge is -2.32. The molecule has 12 aromatic carbocycles. The van der Waals surface area contributed by atoms with Gasteiger partial charge in [0.15, 0.2) is 16.1 Å². The molecule has 1 N–H and O–H groups in total. The van der Waals surface area contributed by atoms with Crippen LogP contribution in [-0.4, -0.2) is 16.1 Å². The Hall–Kier alpha value is -8.27. The van der Waals surface area contributed by atoms with Gasteiger partial charge in [0.1, 0.15) is 0 Å². The molecular weight excluding hydrogens is 1100 g/mol. The molecule has 0 spiro atoms. The molecule has 14 rings (SSSR count). The standard InChI is InChI=1S/C36H26ClNSi.C24H16BrClSi.C12H11N/c37-27-21-23-33-34-26-30(38(28-13-5-1-6-14-28)29-15-7-2-8-16-29)22-24-35(34)39(36(33)25-27,31-17-9-3-10-18-31)32-19-11-4-12-20-32;25-17-11-14-23-22(15-17)21-13-12-18(26)16-24(21)27(23,19-7-3-1-4-8-19)20-9-5-2-6-10-20;1-3-7-11(8-4-1)13-12-9-5-2-6-10-12/h1-26H;1-16H;1-10,13H. The van der Waals surface area contributed by atoms with E-state index in [1.807, 2.05) is 72.8 Å². The highest BCUT2D eigenvalue weighted by Gasteiger charge is 2.50. The number of nitrogens with zero attached hydrogens (tertiary/aromatic N) is 1. The van der Waals surface area contributed by atoms with Crippen LogP contribution in [0.2, 0.25) is 10.0 Å². The summed E-state index contributed by atoms with van der Waals surface area (Å²) in [6.45, 7) is 0. The molecule has 0 fully saturated rings. The van der Waals surface area contributed by atoms with E-state index in [2.05, 4.69) is 269 Å². The molecular formula is C72H53BrCl2N2Si2. The minimum Gasteiger partial charge on any atom is -0.356 e. The molecule has 0 amide bonds. The van der Waals surface area contributed by atoms with E-state index in [0.717, 1.165) is 43.0 Å². The molecule has 12 aromatic rings. The summed E-state index contributed by atoms with van der Waals surface area (Å²) in [5, 5.41) is 16.0. The second-order valence-corrected chi connectivity index (χ2v) is 28.9. The largest absolute Gasteiger partial charge is 0.356 e. The average molecular weight is 1150 g/mol. The van der Waals surface area contributed by atoms with Gasteiger partial charge in [-0.2, -0.15) is 0 Å². The second-order valence-electron chi connectivity index (χ2n) is 19.6. The van der Waals surface area contributed by atoms with Crippen molar-refractivity contribution in [3.63, 3.8) is 0 Å². The van der Waals surface area contributed by atoms with Crippen LogP contribution in [0.4, 0.5) is 28.4 Å². The molecule has 0 saturated heterocycles. The smallest absolute Gasteiger partial charge is 0.180 e. The zero-order valence-corrected chi connectivity index (χ0v) is 48.2. The van der Waals surface area contributed by atoms with Crippen molar-refractivity contribution in [1.29, 1.82) is 0 Å². The molecule has 7 heteroatoms. The number of hydrogen-bond donors (Lipinski definition) is 1. The summed E-state index contributed by atoms with van der Waals surface area (Å²) >= 11 is 16.9. The SMILES string of the molecule is Clc1ccc2c(c1)[Si](c1ccccc1)(c1ccccc1)c1ccc(Br)cc1-2.Clc1ccc2c(c1)[Si](c1ccccc1)(c1ccccc1)c1ccc(N(c3ccccc3)c3ccccc3)cc1-2.c1ccc(Nc2ccccc2)cc1. The minimum atomic E-state index is -2.58. The van der Waals surface area contributed by atoms with Crippen LogP contribution < -0.4 is 51.7 Å². The monoisotopic (exact) mass is 1150 g/mol. The van der Waals surface area contributed by atoms with E-state index >= 15 is 0 Å².